The van der Waals surface area contributed by atoms with E-state index in [9.17, 15) is 4.79 Å². The predicted molar refractivity (Wildman–Crippen MR) is 58.6 cm³/mol. The summed E-state index contributed by atoms with van der Waals surface area (Å²) >= 11 is 0. The molecule has 0 atom stereocenters. The monoisotopic (exact) mass is 218 g/mol. The van der Waals surface area contributed by atoms with Crippen molar-refractivity contribution in [1.82, 2.24) is 4.90 Å². The highest BCUT2D eigenvalue weighted by Gasteiger charge is 2.07. The summed E-state index contributed by atoms with van der Waals surface area (Å²) in [6.07, 6.45) is 1.26. The maximum Gasteiger partial charge on any atom is 0.224 e. The van der Waals surface area contributed by atoms with Gasteiger partial charge in [-0.05, 0) is 13.0 Å². The van der Waals surface area contributed by atoms with Crippen molar-refractivity contribution in [3.8, 4) is 0 Å². The summed E-state index contributed by atoms with van der Waals surface area (Å²) in [7, 11) is 3.41. The van der Waals surface area contributed by atoms with Crippen LogP contribution in [0, 0.1) is 0 Å². The van der Waals surface area contributed by atoms with E-state index in [1.807, 2.05) is 0 Å². The second-order valence-electron chi connectivity index (χ2n) is 3.31. The average molecular weight is 218 g/mol. The standard InChI is InChI=1S/C10H22N2O3/c1-12(6-3-5-11)10(13)4-7-15-9-8-14-2/h3-9,11H2,1-2H3. The van der Waals surface area contributed by atoms with Crippen molar-refractivity contribution in [2.75, 3.05) is 47.1 Å². The quantitative estimate of drug-likeness (QED) is 0.546. The maximum absolute atomic E-state index is 11.5. The molecule has 2 N–H and O–H groups in total. The van der Waals surface area contributed by atoms with Crippen molar-refractivity contribution in [1.29, 1.82) is 0 Å². The molecule has 0 saturated heterocycles. The van der Waals surface area contributed by atoms with E-state index < -0.39 is 0 Å². The molecule has 0 aromatic rings. The smallest absolute Gasteiger partial charge is 0.224 e. The van der Waals surface area contributed by atoms with Gasteiger partial charge in [-0.15, -0.1) is 0 Å². The van der Waals surface area contributed by atoms with Crippen molar-refractivity contribution in [2.24, 2.45) is 5.73 Å². The summed E-state index contributed by atoms with van der Waals surface area (Å²) in [5.41, 5.74) is 5.36. The van der Waals surface area contributed by atoms with E-state index in [1.165, 1.54) is 0 Å². The Balaban J connectivity index is 3.38. The molecule has 5 heteroatoms. The normalized spacial score (nSPS) is 10.3. The molecule has 0 radical (unpaired) electrons. The van der Waals surface area contributed by atoms with E-state index in [4.69, 9.17) is 15.2 Å². The number of hydrogen-bond acceptors (Lipinski definition) is 4. The number of ether oxygens (including phenoxy) is 2. The number of methoxy groups -OCH3 is 1. The van der Waals surface area contributed by atoms with Crippen molar-refractivity contribution >= 4 is 5.91 Å². The largest absolute Gasteiger partial charge is 0.382 e. The minimum absolute atomic E-state index is 0.0980. The lowest BCUT2D eigenvalue weighted by atomic mass is 10.3. The molecule has 0 spiro atoms. The molecule has 0 aromatic heterocycles. The van der Waals surface area contributed by atoms with Crippen molar-refractivity contribution in [3.05, 3.63) is 0 Å². The van der Waals surface area contributed by atoms with Gasteiger partial charge in [0.15, 0.2) is 0 Å². The van der Waals surface area contributed by atoms with E-state index in [0.29, 0.717) is 39.3 Å². The summed E-state index contributed by atoms with van der Waals surface area (Å²) in [6.45, 7) is 2.89. The van der Waals surface area contributed by atoms with Crippen molar-refractivity contribution < 1.29 is 14.3 Å². The molecule has 0 aliphatic carbocycles. The zero-order chi connectivity index (χ0) is 11.5. The van der Waals surface area contributed by atoms with Gasteiger partial charge in [0.1, 0.15) is 0 Å². The first kappa shape index (κ1) is 14.3. The molecular formula is C10H22N2O3. The molecule has 0 heterocycles. The third-order valence-corrected chi connectivity index (χ3v) is 2.02. The van der Waals surface area contributed by atoms with Crippen LogP contribution in [0.3, 0.4) is 0 Å². The zero-order valence-electron chi connectivity index (χ0n) is 9.70. The number of nitrogens with zero attached hydrogens (tertiary/aromatic N) is 1. The van der Waals surface area contributed by atoms with Gasteiger partial charge in [0.2, 0.25) is 5.91 Å². The van der Waals surface area contributed by atoms with Crippen LogP contribution in [0.25, 0.3) is 0 Å². The highest BCUT2D eigenvalue weighted by Crippen LogP contribution is 1.93. The molecule has 0 aliphatic heterocycles. The van der Waals surface area contributed by atoms with Gasteiger partial charge in [-0.3, -0.25) is 4.79 Å². The Bertz CT molecular complexity index is 165. The maximum atomic E-state index is 11.5. The highest BCUT2D eigenvalue weighted by molar-refractivity contribution is 5.75. The van der Waals surface area contributed by atoms with Gasteiger partial charge in [-0.2, -0.15) is 0 Å². The van der Waals surface area contributed by atoms with Crippen LogP contribution in [-0.4, -0.2) is 57.9 Å². The summed E-state index contributed by atoms with van der Waals surface area (Å²) in [5, 5.41) is 0. The highest BCUT2D eigenvalue weighted by atomic mass is 16.5. The van der Waals surface area contributed by atoms with Crippen LogP contribution < -0.4 is 5.73 Å². The molecule has 0 bridgehead atoms. The summed E-state index contributed by atoms with van der Waals surface area (Å²) in [5.74, 6) is 0.0980. The Hall–Kier alpha value is -0.650. The van der Waals surface area contributed by atoms with Gasteiger partial charge in [0.25, 0.3) is 0 Å². The number of rotatable bonds is 9. The van der Waals surface area contributed by atoms with E-state index in [2.05, 4.69) is 0 Å². The van der Waals surface area contributed by atoms with Crippen LogP contribution in [0.2, 0.25) is 0 Å². The number of nitrogens with two attached hydrogens (primary N) is 1. The van der Waals surface area contributed by atoms with Gasteiger partial charge in [0, 0.05) is 20.7 Å². The Morgan fingerprint density at radius 1 is 1.33 bits per heavy atom. The minimum atomic E-state index is 0.0980. The fraction of sp³-hybridized carbons (Fsp3) is 0.900. The number of hydrogen-bond donors (Lipinski definition) is 1. The van der Waals surface area contributed by atoms with Crippen LogP contribution in [0.4, 0.5) is 0 Å². The molecule has 90 valence electrons. The molecule has 1 amide bonds. The van der Waals surface area contributed by atoms with Gasteiger partial charge >= 0.3 is 0 Å². The van der Waals surface area contributed by atoms with Gasteiger partial charge in [0.05, 0.1) is 26.2 Å². The van der Waals surface area contributed by atoms with E-state index in [1.54, 1.807) is 19.1 Å². The third kappa shape index (κ3) is 8.35. The van der Waals surface area contributed by atoms with Crippen LogP contribution in [0.15, 0.2) is 0 Å². The number of amides is 1. The Morgan fingerprint density at radius 3 is 2.67 bits per heavy atom. The first-order valence-electron chi connectivity index (χ1n) is 5.23. The molecule has 0 saturated carbocycles. The Morgan fingerprint density at radius 2 is 2.07 bits per heavy atom. The molecule has 0 unspecified atom stereocenters. The van der Waals surface area contributed by atoms with Crippen LogP contribution in [0.5, 0.6) is 0 Å². The Labute approximate surface area is 91.5 Å². The van der Waals surface area contributed by atoms with E-state index >= 15 is 0 Å². The first-order valence-corrected chi connectivity index (χ1v) is 5.23. The molecular weight excluding hydrogens is 196 g/mol. The number of carbonyl (C=O) groups is 1. The summed E-state index contributed by atoms with van der Waals surface area (Å²) in [4.78, 5) is 13.1. The molecule has 0 aromatic carbocycles. The summed E-state index contributed by atoms with van der Waals surface area (Å²) < 4.78 is 10.0. The van der Waals surface area contributed by atoms with Crippen LogP contribution in [-0.2, 0) is 14.3 Å². The second kappa shape index (κ2) is 9.89. The first-order chi connectivity index (χ1) is 7.22. The van der Waals surface area contributed by atoms with Crippen molar-refractivity contribution in [2.45, 2.75) is 12.8 Å². The topological polar surface area (TPSA) is 64.8 Å². The Kier molecular flexibility index (Phi) is 9.46. The minimum Gasteiger partial charge on any atom is -0.382 e. The fourth-order valence-electron chi connectivity index (χ4n) is 1.05. The van der Waals surface area contributed by atoms with E-state index in [0.717, 1.165) is 6.42 Å². The summed E-state index contributed by atoms with van der Waals surface area (Å²) in [6, 6.07) is 0. The predicted octanol–water partition coefficient (Wildman–Crippen LogP) is -0.153. The molecule has 15 heavy (non-hydrogen) atoms. The zero-order valence-corrected chi connectivity index (χ0v) is 9.70. The van der Waals surface area contributed by atoms with Gasteiger partial charge < -0.3 is 20.1 Å². The molecule has 0 fully saturated rings. The van der Waals surface area contributed by atoms with Crippen LogP contribution in [0.1, 0.15) is 12.8 Å². The molecule has 0 rings (SSSR count). The fourth-order valence-corrected chi connectivity index (χ4v) is 1.05. The second-order valence-corrected chi connectivity index (χ2v) is 3.31. The SMILES string of the molecule is COCCOCCC(=O)N(C)CCCN. The lowest BCUT2D eigenvalue weighted by Crippen LogP contribution is -2.29. The lowest BCUT2D eigenvalue weighted by Gasteiger charge is -2.16. The van der Waals surface area contributed by atoms with E-state index in [-0.39, 0.29) is 5.91 Å². The third-order valence-electron chi connectivity index (χ3n) is 2.02. The molecule has 5 nitrogen and oxygen atoms in total. The van der Waals surface area contributed by atoms with Gasteiger partial charge in [-0.1, -0.05) is 0 Å². The van der Waals surface area contributed by atoms with Crippen molar-refractivity contribution in [3.63, 3.8) is 0 Å². The van der Waals surface area contributed by atoms with Gasteiger partial charge in [-0.25, -0.2) is 0 Å². The molecule has 0 aliphatic rings. The number of carbonyl (C=O) groups excluding carboxylic acids is 1. The lowest BCUT2D eigenvalue weighted by molar-refractivity contribution is -0.131. The average Bonchev–Trinajstić information content (AvgIpc) is 2.25. The van der Waals surface area contributed by atoms with Crippen LogP contribution >= 0.6 is 0 Å².